The van der Waals surface area contributed by atoms with Crippen LogP contribution in [0.2, 0.25) is 5.15 Å². The fourth-order valence-electron chi connectivity index (χ4n) is 0.820. The van der Waals surface area contributed by atoms with Crippen LogP contribution >= 0.6 is 23.4 Å². The van der Waals surface area contributed by atoms with E-state index in [1.165, 1.54) is 11.8 Å². The van der Waals surface area contributed by atoms with E-state index in [2.05, 4.69) is 21.9 Å². The summed E-state index contributed by atoms with van der Waals surface area (Å²) in [5.74, 6) is 0.734. The van der Waals surface area contributed by atoms with Crippen LogP contribution in [0.15, 0.2) is 23.4 Å². The number of nitrogens with zero attached hydrogens (tertiary/aromatic N) is 2. The lowest BCUT2D eigenvalue weighted by molar-refractivity contribution is 0.964. The fraction of sp³-hybridized carbons (Fsp3) is 0.333. The third-order valence-electron chi connectivity index (χ3n) is 1.43. The van der Waals surface area contributed by atoms with Crippen molar-refractivity contribution in [1.82, 2.24) is 9.97 Å². The van der Waals surface area contributed by atoms with Crippen molar-refractivity contribution in [3.8, 4) is 0 Å². The smallest absolute Gasteiger partial charge is 0.190 e. The average molecular weight is 230 g/mol. The Labute approximate surface area is 93.0 Å². The van der Waals surface area contributed by atoms with Crippen LogP contribution in [-0.2, 0) is 0 Å². The van der Waals surface area contributed by atoms with Crippen molar-refractivity contribution in [2.24, 2.45) is 0 Å². The molecule has 0 spiro atoms. The van der Waals surface area contributed by atoms with E-state index in [1.807, 2.05) is 13.2 Å². The molecule has 0 aliphatic carbocycles. The van der Waals surface area contributed by atoms with Crippen molar-refractivity contribution in [2.75, 3.05) is 18.1 Å². The lowest BCUT2D eigenvalue weighted by Crippen LogP contribution is -2.04. The van der Waals surface area contributed by atoms with Crippen molar-refractivity contribution in [1.29, 1.82) is 0 Å². The molecule has 1 heterocycles. The predicted molar refractivity (Wildman–Crippen MR) is 62.1 cm³/mol. The van der Waals surface area contributed by atoms with Gasteiger partial charge in [-0.25, -0.2) is 9.97 Å². The Hall–Kier alpha value is -0.740. The topological polar surface area (TPSA) is 37.8 Å². The molecular weight excluding hydrogens is 218 g/mol. The van der Waals surface area contributed by atoms with E-state index in [1.54, 1.807) is 6.07 Å². The molecule has 1 aromatic rings. The highest BCUT2D eigenvalue weighted by molar-refractivity contribution is 7.98. The molecule has 5 heteroatoms. The molecule has 0 saturated carbocycles. The molecule has 0 bridgehead atoms. The van der Waals surface area contributed by atoms with Gasteiger partial charge in [-0.05, 0) is 13.2 Å². The summed E-state index contributed by atoms with van der Waals surface area (Å²) in [4.78, 5) is 8.27. The molecule has 3 nitrogen and oxygen atoms in total. The maximum absolute atomic E-state index is 5.82. The lowest BCUT2D eigenvalue weighted by Gasteiger charge is -2.06. The maximum atomic E-state index is 5.82. The number of hydrogen-bond donors (Lipinski definition) is 1. The van der Waals surface area contributed by atoms with Crippen molar-refractivity contribution < 1.29 is 0 Å². The van der Waals surface area contributed by atoms with Crippen molar-refractivity contribution >= 4 is 29.2 Å². The summed E-state index contributed by atoms with van der Waals surface area (Å²) >= 11 is 7.28. The summed E-state index contributed by atoms with van der Waals surface area (Å²) in [6.07, 6.45) is 1.91. The molecule has 0 atom stereocenters. The Kier molecular flexibility index (Phi) is 4.22. The molecule has 1 rings (SSSR count). The zero-order valence-electron chi connectivity index (χ0n) is 8.17. The number of rotatable bonds is 4. The number of aromatic nitrogens is 2. The number of hydrogen-bond acceptors (Lipinski definition) is 4. The summed E-state index contributed by atoms with van der Waals surface area (Å²) in [6, 6.07) is 1.70. The van der Waals surface area contributed by atoms with Crippen LogP contribution in [0.25, 0.3) is 0 Å². The summed E-state index contributed by atoms with van der Waals surface area (Å²) < 4.78 is 0. The van der Waals surface area contributed by atoms with Gasteiger partial charge in [-0.15, -0.1) is 0 Å². The van der Waals surface area contributed by atoms with Gasteiger partial charge in [-0.2, -0.15) is 0 Å². The summed E-state index contributed by atoms with van der Waals surface area (Å²) in [5.41, 5.74) is 1.05. The Balaban J connectivity index is 2.76. The summed E-state index contributed by atoms with van der Waals surface area (Å²) in [6.45, 7) is 6.44. The van der Waals surface area contributed by atoms with Gasteiger partial charge in [0.25, 0.3) is 0 Å². The minimum Gasteiger partial charge on any atom is -0.366 e. The van der Waals surface area contributed by atoms with Crippen molar-refractivity contribution in [2.45, 2.75) is 12.1 Å². The second kappa shape index (κ2) is 5.22. The highest BCUT2D eigenvalue weighted by Crippen LogP contribution is 2.17. The first-order valence-corrected chi connectivity index (χ1v) is 5.69. The van der Waals surface area contributed by atoms with Gasteiger partial charge in [0.15, 0.2) is 5.16 Å². The molecule has 0 amide bonds. The minimum atomic E-state index is 0.452. The van der Waals surface area contributed by atoms with Crippen molar-refractivity contribution in [3.63, 3.8) is 0 Å². The number of thioether (sulfide) groups is 1. The van der Waals surface area contributed by atoms with Crippen LogP contribution in [0.5, 0.6) is 0 Å². The molecule has 14 heavy (non-hydrogen) atoms. The van der Waals surface area contributed by atoms with E-state index >= 15 is 0 Å². The van der Waals surface area contributed by atoms with Crippen molar-refractivity contribution in [3.05, 3.63) is 23.4 Å². The van der Waals surface area contributed by atoms with E-state index < -0.39 is 0 Å². The first kappa shape index (κ1) is 11.3. The lowest BCUT2D eigenvalue weighted by atomic mass is 10.3. The molecule has 0 aliphatic heterocycles. The normalized spacial score (nSPS) is 9.93. The number of nitrogens with one attached hydrogen (secondary N) is 1. The van der Waals surface area contributed by atoms with Crippen LogP contribution in [0.3, 0.4) is 0 Å². The van der Waals surface area contributed by atoms with Crippen LogP contribution in [0.4, 0.5) is 5.82 Å². The largest absolute Gasteiger partial charge is 0.366 e. The van der Waals surface area contributed by atoms with Gasteiger partial charge >= 0.3 is 0 Å². The van der Waals surface area contributed by atoms with Gasteiger partial charge in [-0.3, -0.25) is 0 Å². The number of anilines is 1. The van der Waals surface area contributed by atoms with Crippen LogP contribution in [0, 0.1) is 0 Å². The predicted octanol–water partition coefficient (Wildman–Crippen LogP) is 2.84. The zero-order valence-corrected chi connectivity index (χ0v) is 9.74. The molecule has 0 unspecified atom stereocenters. The minimum absolute atomic E-state index is 0.452. The van der Waals surface area contributed by atoms with Gasteiger partial charge in [0.05, 0.1) is 0 Å². The summed E-state index contributed by atoms with van der Waals surface area (Å²) in [7, 11) is 0. The molecule has 1 N–H and O–H groups in total. The Bertz CT molecular complexity index is 341. The highest BCUT2D eigenvalue weighted by Gasteiger charge is 2.01. The molecule has 1 aromatic heterocycles. The van der Waals surface area contributed by atoms with Gasteiger partial charge in [-0.1, -0.05) is 35.5 Å². The van der Waals surface area contributed by atoms with Gasteiger partial charge in [0.2, 0.25) is 0 Å². The average Bonchev–Trinajstić information content (AvgIpc) is 2.14. The van der Waals surface area contributed by atoms with E-state index in [9.17, 15) is 0 Å². The SMILES string of the molecule is C=C(C)CNc1cc(Cl)nc(SC)n1. The van der Waals surface area contributed by atoms with Gasteiger partial charge in [0, 0.05) is 12.6 Å². The van der Waals surface area contributed by atoms with Crippen LogP contribution < -0.4 is 5.32 Å². The van der Waals surface area contributed by atoms with Gasteiger partial charge < -0.3 is 5.32 Å². The molecular formula is C9H12ClN3S. The first-order chi connectivity index (χ1) is 6.61. The van der Waals surface area contributed by atoms with E-state index in [4.69, 9.17) is 11.6 Å². The third-order valence-corrected chi connectivity index (χ3v) is 2.17. The first-order valence-electron chi connectivity index (χ1n) is 4.08. The van der Waals surface area contributed by atoms with E-state index in [0.29, 0.717) is 16.9 Å². The zero-order chi connectivity index (χ0) is 10.6. The Morgan fingerprint density at radius 1 is 1.64 bits per heavy atom. The molecule has 0 aromatic carbocycles. The fourth-order valence-corrected chi connectivity index (χ4v) is 1.43. The third kappa shape index (κ3) is 3.55. The van der Waals surface area contributed by atoms with Gasteiger partial charge in [0.1, 0.15) is 11.0 Å². The monoisotopic (exact) mass is 229 g/mol. The maximum Gasteiger partial charge on any atom is 0.190 e. The Morgan fingerprint density at radius 2 is 2.36 bits per heavy atom. The Morgan fingerprint density at radius 3 is 2.93 bits per heavy atom. The molecule has 0 saturated heterocycles. The molecule has 0 aliphatic rings. The molecule has 0 radical (unpaired) electrons. The second-order valence-corrected chi connectivity index (χ2v) is 4.03. The highest BCUT2D eigenvalue weighted by atomic mass is 35.5. The standard InChI is InChI=1S/C9H12ClN3S/c1-6(2)5-11-8-4-7(10)12-9(13-8)14-3/h4H,1,5H2,2-3H3,(H,11,12,13). The van der Waals surface area contributed by atoms with E-state index in [-0.39, 0.29) is 0 Å². The molecule has 0 fully saturated rings. The number of halogens is 1. The summed E-state index contributed by atoms with van der Waals surface area (Å²) in [5, 5.41) is 4.23. The second-order valence-electron chi connectivity index (χ2n) is 2.87. The van der Waals surface area contributed by atoms with E-state index in [0.717, 1.165) is 11.4 Å². The quantitative estimate of drug-likeness (QED) is 0.373. The molecule has 76 valence electrons. The van der Waals surface area contributed by atoms with Crippen LogP contribution in [-0.4, -0.2) is 22.8 Å². The van der Waals surface area contributed by atoms with Crippen LogP contribution in [0.1, 0.15) is 6.92 Å².